The molecule has 1 atom stereocenters. The molecule has 0 unspecified atom stereocenters. The van der Waals surface area contributed by atoms with E-state index in [1.165, 1.54) is 7.11 Å². The zero-order chi connectivity index (χ0) is 17.4. The molecular weight excluding hydrogens is 314 g/mol. The molecule has 0 amide bonds. The minimum atomic E-state index is -0.579. The van der Waals surface area contributed by atoms with Crippen LogP contribution >= 0.6 is 12.2 Å². The highest BCUT2D eigenvalue weighted by molar-refractivity contribution is 7.80. The number of carbonyl (C=O) groups is 1. The number of hydrogen-bond donors (Lipinski definition) is 2. The van der Waals surface area contributed by atoms with Crippen molar-refractivity contribution in [1.82, 2.24) is 9.80 Å². The molecule has 0 heterocycles. The molecule has 1 aromatic carbocycles. The number of carbonyl (C=O) groups excluding carboxylic acids is 1. The van der Waals surface area contributed by atoms with E-state index in [4.69, 9.17) is 22.7 Å². The van der Waals surface area contributed by atoms with Gasteiger partial charge in [-0.15, -0.1) is 0 Å². The third kappa shape index (κ3) is 6.42. The van der Waals surface area contributed by atoms with Gasteiger partial charge >= 0.3 is 5.97 Å². The summed E-state index contributed by atoms with van der Waals surface area (Å²) >= 11 is 5.12. The summed E-state index contributed by atoms with van der Waals surface area (Å²) in [6.07, 6.45) is 1.24. The van der Waals surface area contributed by atoms with Crippen molar-refractivity contribution in [2.75, 3.05) is 34.3 Å². The van der Waals surface area contributed by atoms with Crippen molar-refractivity contribution in [3.8, 4) is 5.75 Å². The molecule has 6 nitrogen and oxygen atoms in total. The van der Waals surface area contributed by atoms with Crippen molar-refractivity contribution in [2.45, 2.75) is 18.9 Å². The second-order valence-corrected chi connectivity index (χ2v) is 6.02. The van der Waals surface area contributed by atoms with Gasteiger partial charge in [0.1, 0.15) is 11.8 Å². The predicted molar refractivity (Wildman–Crippen MR) is 94.3 cm³/mol. The third-order valence-electron chi connectivity index (χ3n) is 3.50. The van der Waals surface area contributed by atoms with E-state index in [2.05, 4.69) is 4.90 Å². The van der Waals surface area contributed by atoms with Crippen molar-refractivity contribution in [2.24, 2.45) is 5.73 Å². The van der Waals surface area contributed by atoms with E-state index in [1.807, 2.05) is 14.1 Å². The molecule has 7 heteroatoms. The first-order valence-corrected chi connectivity index (χ1v) is 7.82. The van der Waals surface area contributed by atoms with Gasteiger partial charge in [0.2, 0.25) is 0 Å². The van der Waals surface area contributed by atoms with E-state index < -0.39 is 6.04 Å². The number of hydrogen-bond acceptors (Lipinski definition) is 5. The molecular formula is C16H25N3O3S. The van der Waals surface area contributed by atoms with Gasteiger partial charge in [0.05, 0.1) is 7.11 Å². The largest absolute Gasteiger partial charge is 0.508 e. The monoisotopic (exact) mass is 339 g/mol. The summed E-state index contributed by atoms with van der Waals surface area (Å²) in [6.45, 7) is 1.44. The molecule has 0 aromatic heterocycles. The van der Waals surface area contributed by atoms with Crippen molar-refractivity contribution < 1.29 is 14.6 Å². The minimum Gasteiger partial charge on any atom is -0.508 e. The molecule has 1 rings (SSSR count). The summed E-state index contributed by atoms with van der Waals surface area (Å²) in [5.74, 6) is -0.198. The van der Waals surface area contributed by atoms with E-state index >= 15 is 0 Å². The normalized spacial score (nSPS) is 12.0. The lowest BCUT2D eigenvalue weighted by Gasteiger charge is -2.31. The van der Waals surface area contributed by atoms with Gasteiger partial charge in [-0.2, -0.15) is 0 Å². The Bertz CT molecular complexity index is 520. The van der Waals surface area contributed by atoms with E-state index in [9.17, 15) is 9.90 Å². The van der Waals surface area contributed by atoms with Gasteiger partial charge in [0, 0.05) is 13.0 Å². The minimum absolute atomic E-state index is 0.179. The topological polar surface area (TPSA) is 79.0 Å². The van der Waals surface area contributed by atoms with Gasteiger partial charge in [-0.1, -0.05) is 12.1 Å². The van der Waals surface area contributed by atoms with Crippen LogP contribution in [0.1, 0.15) is 12.0 Å². The maximum Gasteiger partial charge on any atom is 0.328 e. The zero-order valence-corrected chi connectivity index (χ0v) is 14.7. The van der Waals surface area contributed by atoms with Crippen molar-refractivity contribution in [3.63, 3.8) is 0 Å². The molecule has 128 valence electrons. The molecule has 0 saturated carbocycles. The summed E-state index contributed by atoms with van der Waals surface area (Å²) in [5.41, 5.74) is 6.72. The number of thiocarbonyl (C=S) groups is 1. The Hall–Kier alpha value is -1.86. The van der Waals surface area contributed by atoms with Crippen LogP contribution < -0.4 is 5.73 Å². The number of ether oxygens (including phenoxy) is 1. The van der Waals surface area contributed by atoms with Crippen LogP contribution in [-0.2, 0) is 16.0 Å². The van der Waals surface area contributed by atoms with Crippen LogP contribution in [0.3, 0.4) is 0 Å². The van der Waals surface area contributed by atoms with Gasteiger partial charge < -0.3 is 25.4 Å². The SMILES string of the molecule is COC(=O)[C@H](Cc1ccc(O)cc1)N(CCCN(C)C)C(N)=S. The number of nitrogens with two attached hydrogens (primary N) is 1. The van der Waals surface area contributed by atoms with Crippen LogP contribution in [0.15, 0.2) is 24.3 Å². The predicted octanol–water partition coefficient (Wildman–Crippen LogP) is 0.974. The van der Waals surface area contributed by atoms with Gasteiger partial charge in [0.15, 0.2) is 5.11 Å². The van der Waals surface area contributed by atoms with Gasteiger partial charge in [0.25, 0.3) is 0 Å². The zero-order valence-electron chi connectivity index (χ0n) is 13.9. The number of rotatable bonds is 8. The number of methoxy groups -OCH3 is 1. The number of nitrogens with zero attached hydrogens (tertiary/aromatic N) is 2. The molecule has 0 bridgehead atoms. The second kappa shape index (κ2) is 9.32. The van der Waals surface area contributed by atoms with E-state index in [-0.39, 0.29) is 16.8 Å². The number of benzene rings is 1. The molecule has 0 fully saturated rings. The first kappa shape index (κ1) is 19.2. The summed E-state index contributed by atoms with van der Waals surface area (Å²) in [6, 6.07) is 6.12. The van der Waals surface area contributed by atoms with Crippen molar-refractivity contribution >= 4 is 23.3 Å². The molecule has 0 radical (unpaired) electrons. The number of phenols is 1. The lowest BCUT2D eigenvalue weighted by Crippen LogP contribution is -2.50. The van der Waals surface area contributed by atoms with Crippen LogP contribution in [0.5, 0.6) is 5.75 Å². The average Bonchev–Trinajstić information content (AvgIpc) is 2.50. The maximum atomic E-state index is 12.2. The Morgan fingerprint density at radius 3 is 2.39 bits per heavy atom. The van der Waals surface area contributed by atoms with E-state index in [0.717, 1.165) is 18.5 Å². The van der Waals surface area contributed by atoms with E-state index in [0.29, 0.717) is 13.0 Å². The van der Waals surface area contributed by atoms with Crippen LogP contribution in [-0.4, -0.2) is 66.3 Å². The lowest BCUT2D eigenvalue weighted by atomic mass is 10.0. The molecule has 0 spiro atoms. The summed E-state index contributed by atoms with van der Waals surface area (Å²) in [4.78, 5) is 16.0. The smallest absolute Gasteiger partial charge is 0.328 e. The number of esters is 1. The van der Waals surface area contributed by atoms with Crippen molar-refractivity contribution in [3.05, 3.63) is 29.8 Å². The Balaban J connectivity index is 2.89. The highest BCUT2D eigenvalue weighted by Crippen LogP contribution is 2.15. The second-order valence-electron chi connectivity index (χ2n) is 5.60. The number of aromatic hydroxyl groups is 1. The van der Waals surface area contributed by atoms with Gasteiger partial charge in [-0.05, 0) is 57.0 Å². The quantitative estimate of drug-likeness (QED) is 0.540. The fourth-order valence-electron chi connectivity index (χ4n) is 2.29. The fourth-order valence-corrected chi connectivity index (χ4v) is 2.51. The first-order valence-electron chi connectivity index (χ1n) is 7.41. The molecule has 0 saturated heterocycles. The Morgan fingerprint density at radius 1 is 1.30 bits per heavy atom. The van der Waals surface area contributed by atoms with Crippen LogP contribution in [0, 0.1) is 0 Å². The molecule has 1 aromatic rings. The average molecular weight is 339 g/mol. The molecule has 3 N–H and O–H groups in total. The highest BCUT2D eigenvalue weighted by Gasteiger charge is 2.27. The Kier molecular flexibility index (Phi) is 7.77. The maximum absolute atomic E-state index is 12.2. The van der Waals surface area contributed by atoms with Crippen molar-refractivity contribution in [1.29, 1.82) is 0 Å². The summed E-state index contributed by atoms with van der Waals surface area (Å²) in [5, 5.41) is 9.54. The summed E-state index contributed by atoms with van der Waals surface area (Å²) in [7, 11) is 5.32. The summed E-state index contributed by atoms with van der Waals surface area (Å²) < 4.78 is 4.91. The fraction of sp³-hybridized carbons (Fsp3) is 0.500. The van der Waals surface area contributed by atoms with Crippen LogP contribution in [0.25, 0.3) is 0 Å². The number of phenolic OH excluding ortho intramolecular Hbond substituents is 1. The molecule has 0 aliphatic carbocycles. The van der Waals surface area contributed by atoms with Crippen LogP contribution in [0.4, 0.5) is 0 Å². The van der Waals surface area contributed by atoms with Gasteiger partial charge in [-0.25, -0.2) is 4.79 Å². The highest BCUT2D eigenvalue weighted by atomic mass is 32.1. The molecule has 0 aliphatic heterocycles. The Labute approximate surface area is 142 Å². The van der Waals surface area contributed by atoms with Crippen LogP contribution in [0.2, 0.25) is 0 Å². The van der Waals surface area contributed by atoms with E-state index in [1.54, 1.807) is 29.2 Å². The third-order valence-corrected chi connectivity index (χ3v) is 3.74. The standard InChI is InChI=1S/C16H25N3O3S/c1-18(2)9-4-10-19(16(17)23)14(15(21)22-3)11-12-5-7-13(20)8-6-12/h5-8,14,20H,4,9-11H2,1-3H3,(H2,17,23)/t14-/m0/s1. The lowest BCUT2D eigenvalue weighted by molar-refractivity contribution is -0.145. The Morgan fingerprint density at radius 2 is 1.91 bits per heavy atom. The van der Waals surface area contributed by atoms with Gasteiger partial charge in [-0.3, -0.25) is 0 Å². The molecule has 0 aliphatic rings. The first-order chi connectivity index (χ1) is 10.8. The molecule has 23 heavy (non-hydrogen) atoms.